The molecule has 0 spiro atoms. The molecule has 4 heteroatoms. The number of rotatable bonds is 5. The highest BCUT2D eigenvalue weighted by atomic mass is 16.4. The molecule has 2 rings (SSSR count). The van der Waals surface area contributed by atoms with Crippen LogP contribution in [-0.2, 0) is 11.2 Å². The third-order valence-corrected chi connectivity index (χ3v) is 3.60. The average Bonchev–Trinajstić information content (AvgIpc) is 2.88. The maximum absolute atomic E-state index is 11.1. The molecule has 1 aromatic carbocycles. The Kier molecular flexibility index (Phi) is 4.35. The summed E-state index contributed by atoms with van der Waals surface area (Å²) in [5.41, 5.74) is 8.01. The molecule has 2 atom stereocenters. The Hall–Kier alpha value is -1.65. The predicted octanol–water partition coefficient (Wildman–Crippen LogP) is 1.48. The highest BCUT2D eigenvalue weighted by Gasteiger charge is 2.28. The summed E-state index contributed by atoms with van der Waals surface area (Å²) in [5, 5.41) is 19.3. The lowest BCUT2D eigenvalue weighted by Gasteiger charge is -2.21. The molecule has 1 aliphatic rings. The summed E-state index contributed by atoms with van der Waals surface area (Å²) in [6, 6.07) is 9.21. The number of carboxylic acids is 1. The molecule has 0 fully saturated rings. The van der Waals surface area contributed by atoms with E-state index < -0.39 is 18.1 Å². The minimum Gasteiger partial charge on any atom is -0.478 e. The lowest BCUT2D eigenvalue weighted by atomic mass is 9.94. The van der Waals surface area contributed by atoms with Crippen molar-refractivity contribution in [1.29, 1.82) is 0 Å². The fourth-order valence-electron chi connectivity index (χ4n) is 2.59. The zero-order valence-corrected chi connectivity index (χ0v) is 10.7. The van der Waals surface area contributed by atoms with Gasteiger partial charge in [0, 0.05) is 11.6 Å². The summed E-state index contributed by atoms with van der Waals surface area (Å²) in [6.07, 6.45) is 1.61. The Bertz CT molecular complexity index is 481. The van der Waals surface area contributed by atoms with Gasteiger partial charge in [0.15, 0.2) is 0 Å². The van der Waals surface area contributed by atoms with Gasteiger partial charge in [-0.2, -0.15) is 0 Å². The smallest absolute Gasteiger partial charge is 0.331 e. The molecule has 2 unspecified atom stereocenters. The normalized spacial score (nSPS) is 18.4. The van der Waals surface area contributed by atoms with Crippen LogP contribution in [0.25, 0.3) is 0 Å². The van der Waals surface area contributed by atoms with Crippen LogP contribution in [0.5, 0.6) is 0 Å². The molecule has 1 aliphatic carbocycles. The minimum absolute atomic E-state index is 0.344. The lowest BCUT2D eigenvalue weighted by Crippen LogP contribution is -2.38. The van der Waals surface area contributed by atoms with Crippen molar-refractivity contribution in [1.82, 2.24) is 0 Å². The van der Waals surface area contributed by atoms with Crippen LogP contribution in [0, 0.1) is 0 Å². The van der Waals surface area contributed by atoms with E-state index in [1.54, 1.807) is 0 Å². The van der Waals surface area contributed by atoms with Crippen molar-refractivity contribution in [3.8, 4) is 0 Å². The summed E-state index contributed by atoms with van der Waals surface area (Å²) in [4.78, 5) is 11.1. The lowest BCUT2D eigenvalue weighted by molar-refractivity contribution is -0.132. The van der Waals surface area contributed by atoms with E-state index >= 15 is 0 Å². The quantitative estimate of drug-likeness (QED) is 0.749. The van der Waals surface area contributed by atoms with Gasteiger partial charge in [-0.1, -0.05) is 30.3 Å². The largest absolute Gasteiger partial charge is 0.478 e. The Morgan fingerprint density at radius 1 is 1.26 bits per heavy atom. The second kappa shape index (κ2) is 5.99. The molecule has 19 heavy (non-hydrogen) atoms. The summed E-state index contributed by atoms with van der Waals surface area (Å²) in [6.45, 7) is 0. The van der Waals surface area contributed by atoms with Crippen LogP contribution in [0.3, 0.4) is 0 Å². The molecular weight excluding hydrogens is 242 g/mol. The first kappa shape index (κ1) is 13.8. The Balaban J connectivity index is 2.09. The molecule has 0 saturated heterocycles. The highest BCUT2D eigenvalue weighted by Crippen LogP contribution is 2.30. The van der Waals surface area contributed by atoms with Crippen LogP contribution >= 0.6 is 0 Å². The summed E-state index contributed by atoms with van der Waals surface area (Å²) in [5.74, 6) is -0.932. The maximum Gasteiger partial charge on any atom is 0.331 e. The molecule has 4 N–H and O–H groups in total. The van der Waals surface area contributed by atoms with Crippen LogP contribution in [0.15, 0.2) is 41.5 Å². The topological polar surface area (TPSA) is 83.5 Å². The summed E-state index contributed by atoms with van der Waals surface area (Å²) < 4.78 is 0. The monoisotopic (exact) mass is 261 g/mol. The Morgan fingerprint density at radius 2 is 1.95 bits per heavy atom. The van der Waals surface area contributed by atoms with E-state index in [4.69, 9.17) is 10.8 Å². The number of aliphatic hydroxyl groups is 1. The number of hydrogen-bond acceptors (Lipinski definition) is 3. The molecule has 0 radical (unpaired) electrons. The van der Waals surface area contributed by atoms with Gasteiger partial charge < -0.3 is 15.9 Å². The second-order valence-electron chi connectivity index (χ2n) is 4.96. The van der Waals surface area contributed by atoms with Crippen molar-refractivity contribution >= 4 is 5.97 Å². The number of carbonyl (C=O) groups is 1. The van der Waals surface area contributed by atoms with Crippen molar-refractivity contribution in [2.75, 3.05) is 0 Å². The molecular formula is C15H19NO3. The van der Waals surface area contributed by atoms with Gasteiger partial charge in [0.2, 0.25) is 0 Å². The molecule has 4 nitrogen and oxygen atoms in total. The van der Waals surface area contributed by atoms with Crippen LogP contribution < -0.4 is 5.73 Å². The minimum atomic E-state index is -0.932. The Morgan fingerprint density at radius 3 is 2.58 bits per heavy atom. The van der Waals surface area contributed by atoms with Crippen molar-refractivity contribution in [3.05, 3.63) is 47.0 Å². The van der Waals surface area contributed by atoms with E-state index in [1.165, 1.54) is 0 Å². The SMILES string of the molecule is NC(Cc1ccccc1)C(O)C1=C(C(=O)O)CCC1. The second-order valence-corrected chi connectivity index (χ2v) is 4.96. The first-order valence-corrected chi connectivity index (χ1v) is 6.52. The van der Waals surface area contributed by atoms with Gasteiger partial charge in [0.25, 0.3) is 0 Å². The van der Waals surface area contributed by atoms with Gasteiger partial charge >= 0.3 is 5.97 Å². The molecule has 0 aliphatic heterocycles. The average molecular weight is 261 g/mol. The van der Waals surface area contributed by atoms with Gasteiger partial charge in [-0.15, -0.1) is 0 Å². The number of benzene rings is 1. The van der Waals surface area contributed by atoms with Crippen LogP contribution in [-0.4, -0.2) is 28.3 Å². The van der Waals surface area contributed by atoms with Crippen LogP contribution in [0.4, 0.5) is 0 Å². The van der Waals surface area contributed by atoms with Crippen LogP contribution in [0.1, 0.15) is 24.8 Å². The van der Waals surface area contributed by atoms with Gasteiger partial charge in [-0.3, -0.25) is 0 Å². The van der Waals surface area contributed by atoms with E-state index in [-0.39, 0.29) is 0 Å². The van der Waals surface area contributed by atoms with E-state index in [9.17, 15) is 9.90 Å². The molecule has 0 aromatic heterocycles. The van der Waals surface area contributed by atoms with E-state index in [0.29, 0.717) is 30.4 Å². The Labute approximate surface area is 112 Å². The summed E-state index contributed by atoms with van der Waals surface area (Å²) >= 11 is 0. The number of hydrogen-bond donors (Lipinski definition) is 3. The summed E-state index contributed by atoms with van der Waals surface area (Å²) in [7, 11) is 0. The van der Waals surface area contributed by atoms with Crippen molar-refractivity contribution in [2.45, 2.75) is 37.8 Å². The van der Waals surface area contributed by atoms with Gasteiger partial charge in [-0.25, -0.2) is 4.79 Å². The highest BCUT2D eigenvalue weighted by molar-refractivity contribution is 5.88. The van der Waals surface area contributed by atoms with Gasteiger partial charge in [-0.05, 0) is 36.8 Å². The molecule has 0 heterocycles. The number of carboxylic acid groups (broad SMARTS) is 1. The van der Waals surface area contributed by atoms with Crippen molar-refractivity contribution in [3.63, 3.8) is 0 Å². The molecule has 0 saturated carbocycles. The first-order chi connectivity index (χ1) is 9.09. The van der Waals surface area contributed by atoms with Crippen molar-refractivity contribution < 1.29 is 15.0 Å². The first-order valence-electron chi connectivity index (χ1n) is 6.52. The standard InChI is InChI=1S/C15H19NO3/c16-13(9-10-5-2-1-3-6-10)14(17)11-7-4-8-12(11)15(18)19/h1-3,5-6,13-14,17H,4,7-9,16H2,(H,18,19). The maximum atomic E-state index is 11.1. The van der Waals surface area contributed by atoms with E-state index in [2.05, 4.69) is 0 Å². The fourth-order valence-corrected chi connectivity index (χ4v) is 2.59. The zero-order chi connectivity index (χ0) is 13.8. The molecule has 102 valence electrons. The zero-order valence-electron chi connectivity index (χ0n) is 10.7. The van der Waals surface area contributed by atoms with Gasteiger partial charge in [0.1, 0.15) is 0 Å². The van der Waals surface area contributed by atoms with E-state index in [0.717, 1.165) is 12.0 Å². The third-order valence-electron chi connectivity index (χ3n) is 3.60. The molecule has 0 bridgehead atoms. The van der Waals surface area contributed by atoms with Crippen LogP contribution in [0.2, 0.25) is 0 Å². The number of aliphatic hydroxyl groups excluding tert-OH is 1. The molecule has 0 amide bonds. The van der Waals surface area contributed by atoms with Crippen molar-refractivity contribution in [2.24, 2.45) is 5.73 Å². The number of aliphatic carboxylic acids is 1. The van der Waals surface area contributed by atoms with Gasteiger partial charge in [0.05, 0.1) is 6.10 Å². The fraction of sp³-hybridized carbons (Fsp3) is 0.400. The van der Waals surface area contributed by atoms with E-state index in [1.807, 2.05) is 30.3 Å². The predicted molar refractivity (Wildman–Crippen MR) is 72.6 cm³/mol. The molecule has 1 aromatic rings. The number of nitrogens with two attached hydrogens (primary N) is 1. The third kappa shape index (κ3) is 3.22.